The maximum Gasteiger partial charge on any atom is 0.222 e. The molecular weight excluding hydrogens is 302 g/mol. The number of carbonyl (C=O) groups is 1. The van der Waals surface area contributed by atoms with Crippen LogP contribution in [0.1, 0.15) is 110 Å². The number of hydrogen-bond donors (Lipinski definition) is 0. The molecule has 1 amide bonds. The van der Waals surface area contributed by atoms with E-state index in [1.54, 1.807) is 4.90 Å². The fourth-order valence-electron chi connectivity index (χ4n) is 2.87. The molecule has 0 heterocycles. The van der Waals surface area contributed by atoms with Crippen LogP contribution in [-0.2, 0) is 4.79 Å². The largest absolute Gasteiger partial charge is 0.412 e. The summed E-state index contributed by atoms with van der Waals surface area (Å²) in [5.74, 6) is 0.273. The minimum atomic E-state index is 0. The molecule has 0 aromatic carbocycles. The molecule has 4 heteroatoms. The lowest BCUT2D eigenvalue weighted by atomic mass is 10.0. The number of rotatable bonds is 16. The summed E-state index contributed by atoms with van der Waals surface area (Å²) in [5.41, 5.74) is 0. The first-order valence-electron chi connectivity index (χ1n) is 9.88. The molecule has 4 N–H and O–H groups in total. The lowest BCUT2D eigenvalue weighted by Gasteiger charge is -2.09. The molecule has 148 valence electrons. The zero-order chi connectivity index (χ0) is 16.5. The van der Waals surface area contributed by atoms with E-state index in [9.17, 15) is 4.79 Å². The molecule has 0 atom stereocenters. The predicted octanol–water partition coefficient (Wildman–Crippen LogP) is 4.69. The van der Waals surface area contributed by atoms with E-state index in [1.165, 1.54) is 89.9 Å². The quantitative estimate of drug-likeness (QED) is 0.373. The van der Waals surface area contributed by atoms with Crippen LogP contribution in [0, 0.1) is 0 Å². The number of carbonyl (C=O) groups excluding carboxylic acids is 1. The van der Waals surface area contributed by atoms with E-state index in [0.29, 0.717) is 0 Å². The van der Waals surface area contributed by atoms with E-state index in [4.69, 9.17) is 0 Å². The van der Waals surface area contributed by atoms with Gasteiger partial charge in [-0.3, -0.25) is 4.79 Å². The van der Waals surface area contributed by atoms with Gasteiger partial charge in [0, 0.05) is 20.5 Å². The SMILES string of the molecule is CCCCCCCCCCCCCCCCCC(=O)N(C)C.O.O. The highest BCUT2D eigenvalue weighted by Crippen LogP contribution is 2.13. The lowest BCUT2D eigenvalue weighted by molar-refractivity contribution is -0.128. The highest BCUT2D eigenvalue weighted by molar-refractivity contribution is 5.75. The molecule has 0 aromatic rings. The molecule has 0 aromatic heterocycles. The smallest absolute Gasteiger partial charge is 0.222 e. The van der Waals surface area contributed by atoms with Crippen molar-refractivity contribution in [2.24, 2.45) is 0 Å². The minimum Gasteiger partial charge on any atom is -0.412 e. The Balaban J connectivity index is -0.00000220. The second-order valence-corrected chi connectivity index (χ2v) is 6.99. The summed E-state index contributed by atoms with van der Waals surface area (Å²) in [7, 11) is 3.68. The summed E-state index contributed by atoms with van der Waals surface area (Å²) in [6, 6.07) is 0. The maximum atomic E-state index is 11.4. The van der Waals surface area contributed by atoms with Crippen molar-refractivity contribution in [3.63, 3.8) is 0 Å². The third-order valence-corrected chi connectivity index (χ3v) is 4.49. The predicted molar refractivity (Wildman–Crippen MR) is 105 cm³/mol. The average molecular weight is 348 g/mol. The molecule has 24 heavy (non-hydrogen) atoms. The van der Waals surface area contributed by atoms with Gasteiger partial charge in [0.15, 0.2) is 0 Å². The fourth-order valence-corrected chi connectivity index (χ4v) is 2.87. The van der Waals surface area contributed by atoms with Crippen LogP contribution in [0.15, 0.2) is 0 Å². The Morgan fingerprint density at radius 2 is 0.875 bits per heavy atom. The fraction of sp³-hybridized carbons (Fsp3) is 0.950. The number of hydrogen-bond acceptors (Lipinski definition) is 1. The van der Waals surface area contributed by atoms with Gasteiger partial charge in [0.2, 0.25) is 5.91 Å². The molecule has 0 saturated carbocycles. The molecular formula is C20H45NO3. The van der Waals surface area contributed by atoms with Crippen molar-refractivity contribution in [2.75, 3.05) is 14.1 Å². The Bertz CT molecular complexity index is 245. The van der Waals surface area contributed by atoms with Gasteiger partial charge in [0.05, 0.1) is 0 Å². The number of nitrogens with zero attached hydrogens (tertiary/aromatic N) is 1. The van der Waals surface area contributed by atoms with Crippen molar-refractivity contribution in [1.82, 2.24) is 4.90 Å². The van der Waals surface area contributed by atoms with Crippen LogP contribution in [0.5, 0.6) is 0 Å². The first kappa shape index (κ1) is 28.2. The van der Waals surface area contributed by atoms with Crippen molar-refractivity contribution >= 4 is 5.91 Å². The molecule has 0 bridgehead atoms. The monoisotopic (exact) mass is 347 g/mol. The summed E-state index contributed by atoms with van der Waals surface area (Å²) in [6.45, 7) is 2.28. The van der Waals surface area contributed by atoms with Gasteiger partial charge in [-0.15, -0.1) is 0 Å². The molecule has 0 saturated heterocycles. The summed E-state index contributed by atoms with van der Waals surface area (Å²) >= 11 is 0. The van der Waals surface area contributed by atoms with Crippen LogP contribution in [0.25, 0.3) is 0 Å². The van der Waals surface area contributed by atoms with Crippen molar-refractivity contribution in [3.05, 3.63) is 0 Å². The Hall–Kier alpha value is -0.610. The number of amides is 1. The van der Waals surface area contributed by atoms with Crippen LogP contribution in [0.4, 0.5) is 0 Å². The van der Waals surface area contributed by atoms with Crippen molar-refractivity contribution in [2.45, 2.75) is 110 Å². The van der Waals surface area contributed by atoms with E-state index >= 15 is 0 Å². The number of unbranched alkanes of at least 4 members (excludes halogenated alkanes) is 14. The summed E-state index contributed by atoms with van der Waals surface area (Å²) in [6.07, 6.45) is 21.3. The highest BCUT2D eigenvalue weighted by Gasteiger charge is 2.02. The van der Waals surface area contributed by atoms with Crippen LogP contribution in [0.3, 0.4) is 0 Å². The van der Waals surface area contributed by atoms with E-state index in [0.717, 1.165) is 12.8 Å². The van der Waals surface area contributed by atoms with Gasteiger partial charge in [-0.25, -0.2) is 0 Å². The van der Waals surface area contributed by atoms with Gasteiger partial charge in [-0.2, -0.15) is 0 Å². The Morgan fingerprint density at radius 1 is 0.583 bits per heavy atom. The molecule has 4 nitrogen and oxygen atoms in total. The third-order valence-electron chi connectivity index (χ3n) is 4.49. The first-order valence-corrected chi connectivity index (χ1v) is 9.88. The van der Waals surface area contributed by atoms with Gasteiger partial charge in [-0.1, -0.05) is 96.8 Å². The molecule has 0 unspecified atom stereocenters. The maximum absolute atomic E-state index is 11.4. The second kappa shape index (κ2) is 22.4. The van der Waals surface area contributed by atoms with Crippen LogP contribution >= 0.6 is 0 Å². The summed E-state index contributed by atoms with van der Waals surface area (Å²) in [5, 5.41) is 0. The standard InChI is InChI=1S/C20H41NO.2H2O/c1-4-5-6-7-8-9-10-11-12-13-14-15-16-17-18-19-20(22)21(2)3;;/h4-19H2,1-3H3;2*1H2. The van der Waals surface area contributed by atoms with E-state index in [1.807, 2.05) is 14.1 Å². The van der Waals surface area contributed by atoms with Crippen LogP contribution < -0.4 is 0 Å². The van der Waals surface area contributed by atoms with Gasteiger partial charge in [0.1, 0.15) is 0 Å². The molecule has 0 radical (unpaired) electrons. The van der Waals surface area contributed by atoms with Crippen molar-refractivity contribution < 1.29 is 15.7 Å². The molecule has 0 aliphatic carbocycles. The molecule has 0 aliphatic rings. The lowest BCUT2D eigenvalue weighted by Crippen LogP contribution is -2.20. The van der Waals surface area contributed by atoms with E-state index in [-0.39, 0.29) is 16.9 Å². The normalized spacial score (nSPS) is 9.96. The zero-order valence-corrected chi connectivity index (χ0v) is 16.7. The summed E-state index contributed by atoms with van der Waals surface area (Å²) in [4.78, 5) is 13.1. The van der Waals surface area contributed by atoms with Gasteiger partial charge in [0.25, 0.3) is 0 Å². The van der Waals surface area contributed by atoms with Gasteiger partial charge >= 0.3 is 0 Å². The van der Waals surface area contributed by atoms with Crippen molar-refractivity contribution in [3.8, 4) is 0 Å². The summed E-state index contributed by atoms with van der Waals surface area (Å²) < 4.78 is 0. The highest BCUT2D eigenvalue weighted by atomic mass is 16.2. The van der Waals surface area contributed by atoms with E-state index < -0.39 is 0 Å². The van der Waals surface area contributed by atoms with Gasteiger partial charge < -0.3 is 15.9 Å². The van der Waals surface area contributed by atoms with Gasteiger partial charge in [-0.05, 0) is 6.42 Å². The molecule has 0 aliphatic heterocycles. The second-order valence-electron chi connectivity index (χ2n) is 6.99. The van der Waals surface area contributed by atoms with Crippen LogP contribution in [0.2, 0.25) is 0 Å². The Kier molecular flexibility index (Phi) is 26.3. The van der Waals surface area contributed by atoms with Crippen LogP contribution in [-0.4, -0.2) is 35.9 Å². The first-order chi connectivity index (χ1) is 10.7. The Labute approximate surface area is 151 Å². The van der Waals surface area contributed by atoms with E-state index in [2.05, 4.69) is 6.92 Å². The topological polar surface area (TPSA) is 83.3 Å². The Morgan fingerprint density at radius 3 is 1.17 bits per heavy atom. The molecule has 0 fully saturated rings. The average Bonchev–Trinajstić information content (AvgIpc) is 2.50. The van der Waals surface area contributed by atoms with Crippen molar-refractivity contribution in [1.29, 1.82) is 0 Å². The minimum absolute atomic E-state index is 0. The zero-order valence-electron chi connectivity index (χ0n) is 16.7. The third kappa shape index (κ3) is 21.4. The molecule has 0 rings (SSSR count). The molecule has 0 spiro atoms.